The van der Waals surface area contributed by atoms with Crippen molar-refractivity contribution in [2.24, 2.45) is 0 Å². The van der Waals surface area contributed by atoms with Gasteiger partial charge in [0.1, 0.15) is 11.5 Å². The highest BCUT2D eigenvalue weighted by molar-refractivity contribution is 5.69. The summed E-state index contributed by atoms with van der Waals surface area (Å²) in [7, 11) is 0. The second kappa shape index (κ2) is 5.57. The van der Waals surface area contributed by atoms with Crippen molar-refractivity contribution in [1.29, 1.82) is 0 Å². The third kappa shape index (κ3) is 3.35. The molecule has 0 aliphatic heterocycles. The van der Waals surface area contributed by atoms with Crippen molar-refractivity contribution in [2.75, 3.05) is 0 Å². The molecular weight excluding hydrogens is 240 g/mol. The molecule has 0 spiro atoms. The minimum Gasteiger partial charge on any atom is -0.508 e. The van der Waals surface area contributed by atoms with E-state index in [9.17, 15) is 9.90 Å². The van der Waals surface area contributed by atoms with Crippen LogP contribution >= 0.6 is 0 Å². The molecule has 0 aliphatic rings. The molecule has 0 fully saturated rings. The Labute approximate surface area is 112 Å². The molecule has 3 heteroatoms. The summed E-state index contributed by atoms with van der Waals surface area (Å²) in [6.07, 6.45) is 0. The molecule has 0 aromatic heterocycles. The van der Waals surface area contributed by atoms with Crippen LogP contribution in [-0.4, -0.2) is 11.1 Å². The van der Waals surface area contributed by atoms with Gasteiger partial charge in [0.15, 0.2) is 0 Å². The molecule has 3 nitrogen and oxygen atoms in total. The first-order valence-corrected chi connectivity index (χ1v) is 6.13. The van der Waals surface area contributed by atoms with Gasteiger partial charge in [-0.25, -0.2) is 0 Å². The number of carbonyl (C=O) groups excluding carboxylic acids is 1. The molecule has 0 amide bonds. The predicted molar refractivity (Wildman–Crippen MR) is 73.4 cm³/mol. The molecule has 1 unspecified atom stereocenters. The summed E-state index contributed by atoms with van der Waals surface area (Å²) in [6.45, 7) is 3.47. The lowest BCUT2D eigenvalue weighted by molar-refractivity contribution is -0.131. The molecular formula is C16H16O3. The number of phenolic OH excluding ortho intramolecular Hbond substituents is 1. The first-order chi connectivity index (χ1) is 9.06. The van der Waals surface area contributed by atoms with E-state index < -0.39 is 0 Å². The van der Waals surface area contributed by atoms with Gasteiger partial charge in [0.05, 0.1) is 0 Å². The van der Waals surface area contributed by atoms with Gasteiger partial charge >= 0.3 is 5.97 Å². The first-order valence-electron chi connectivity index (χ1n) is 6.13. The van der Waals surface area contributed by atoms with Gasteiger partial charge in [0.2, 0.25) is 0 Å². The van der Waals surface area contributed by atoms with E-state index in [1.54, 1.807) is 24.3 Å². The number of hydrogen-bond donors (Lipinski definition) is 1. The van der Waals surface area contributed by atoms with Crippen LogP contribution in [0.15, 0.2) is 48.5 Å². The number of benzene rings is 2. The molecule has 2 rings (SSSR count). The summed E-state index contributed by atoms with van der Waals surface area (Å²) in [6, 6.07) is 14.6. The van der Waals surface area contributed by atoms with Crippen LogP contribution in [0.1, 0.15) is 30.9 Å². The Morgan fingerprint density at radius 3 is 1.95 bits per heavy atom. The minimum absolute atomic E-state index is 0.215. The highest BCUT2D eigenvalue weighted by atomic mass is 16.5. The molecule has 0 aliphatic carbocycles. The zero-order valence-electron chi connectivity index (χ0n) is 11.0. The molecule has 2 aromatic rings. The fourth-order valence-corrected chi connectivity index (χ4v) is 1.95. The molecule has 98 valence electrons. The van der Waals surface area contributed by atoms with Crippen LogP contribution in [0.25, 0.3) is 0 Å². The number of hydrogen-bond acceptors (Lipinski definition) is 3. The highest BCUT2D eigenvalue weighted by Gasteiger charge is 2.08. The van der Waals surface area contributed by atoms with E-state index in [2.05, 4.69) is 6.92 Å². The molecule has 1 N–H and O–H groups in total. The summed E-state index contributed by atoms with van der Waals surface area (Å²) in [5.41, 5.74) is 2.25. The summed E-state index contributed by atoms with van der Waals surface area (Å²) in [4.78, 5) is 10.8. The van der Waals surface area contributed by atoms with E-state index in [0.29, 0.717) is 5.75 Å². The second-order valence-electron chi connectivity index (χ2n) is 4.48. The van der Waals surface area contributed by atoms with Gasteiger partial charge in [0.25, 0.3) is 0 Å². The molecule has 2 aromatic carbocycles. The van der Waals surface area contributed by atoms with Crippen molar-refractivity contribution in [3.05, 3.63) is 59.7 Å². The van der Waals surface area contributed by atoms with Gasteiger partial charge in [-0.2, -0.15) is 0 Å². The van der Waals surface area contributed by atoms with Crippen LogP contribution in [0.4, 0.5) is 0 Å². The normalized spacial score (nSPS) is 11.9. The molecule has 0 heterocycles. The van der Waals surface area contributed by atoms with Crippen LogP contribution in [0.2, 0.25) is 0 Å². The largest absolute Gasteiger partial charge is 0.508 e. The summed E-state index contributed by atoms with van der Waals surface area (Å²) < 4.78 is 5.00. The maximum atomic E-state index is 10.8. The number of esters is 1. The summed E-state index contributed by atoms with van der Waals surface area (Å²) in [5.74, 6) is 0.710. The van der Waals surface area contributed by atoms with Crippen LogP contribution in [0, 0.1) is 0 Å². The first kappa shape index (κ1) is 13.1. The van der Waals surface area contributed by atoms with Gasteiger partial charge in [-0.05, 0) is 35.4 Å². The van der Waals surface area contributed by atoms with Gasteiger partial charge in [0, 0.05) is 12.8 Å². The number of ether oxygens (including phenoxy) is 1. The van der Waals surface area contributed by atoms with Crippen molar-refractivity contribution in [2.45, 2.75) is 19.8 Å². The average molecular weight is 256 g/mol. The van der Waals surface area contributed by atoms with Crippen LogP contribution in [0.3, 0.4) is 0 Å². The van der Waals surface area contributed by atoms with Crippen LogP contribution in [-0.2, 0) is 4.79 Å². The van der Waals surface area contributed by atoms with Crippen molar-refractivity contribution in [1.82, 2.24) is 0 Å². The summed E-state index contributed by atoms with van der Waals surface area (Å²) >= 11 is 0. The number of phenols is 1. The fourth-order valence-electron chi connectivity index (χ4n) is 1.95. The molecule has 0 radical (unpaired) electrons. The quantitative estimate of drug-likeness (QED) is 0.675. The van der Waals surface area contributed by atoms with Gasteiger partial charge < -0.3 is 9.84 Å². The standard InChI is InChI=1S/C16H16O3/c1-11(13-3-7-15(18)8-4-13)14-5-9-16(10-6-14)19-12(2)17/h3-11,18H,1-2H3. The Bertz CT molecular complexity index is 556. The van der Waals surface area contributed by atoms with Gasteiger partial charge in [-0.3, -0.25) is 4.79 Å². The average Bonchev–Trinajstić information content (AvgIpc) is 2.39. The fraction of sp³-hybridized carbons (Fsp3) is 0.188. The lowest BCUT2D eigenvalue weighted by Gasteiger charge is -2.13. The molecule has 0 saturated carbocycles. The Hall–Kier alpha value is -2.29. The van der Waals surface area contributed by atoms with Crippen molar-refractivity contribution in [3.63, 3.8) is 0 Å². The molecule has 1 atom stereocenters. The summed E-state index contributed by atoms with van der Waals surface area (Å²) in [5, 5.41) is 9.28. The Kier molecular flexibility index (Phi) is 3.85. The molecule has 19 heavy (non-hydrogen) atoms. The van der Waals surface area contributed by atoms with Crippen molar-refractivity contribution in [3.8, 4) is 11.5 Å². The molecule has 0 saturated heterocycles. The van der Waals surface area contributed by atoms with E-state index in [0.717, 1.165) is 11.1 Å². The van der Waals surface area contributed by atoms with Crippen LogP contribution in [0.5, 0.6) is 11.5 Å². The Morgan fingerprint density at radius 2 is 1.47 bits per heavy atom. The number of aromatic hydroxyl groups is 1. The Balaban J connectivity index is 2.17. The van der Waals surface area contributed by atoms with E-state index in [4.69, 9.17) is 4.74 Å². The topological polar surface area (TPSA) is 46.5 Å². The lowest BCUT2D eigenvalue weighted by atomic mass is 9.93. The zero-order chi connectivity index (χ0) is 13.8. The maximum absolute atomic E-state index is 10.8. The van der Waals surface area contributed by atoms with E-state index in [-0.39, 0.29) is 17.6 Å². The highest BCUT2D eigenvalue weighted by Crippen LogP contribution is 2.26. The van der Waals surface area contributed by atoms with Gasteiger partial charge in [-0.15, -0.1) is 0 Å². The second-order valence-corrected chi connectivity index (χ2v) is 4.48. The van der Waals surface area contributed by atoms with Crippen molar-refractivity contribution < 1.29 is 14.6 Å². The Morgan fingerprint density at radius 1 is 1.00 bits per heavy atom. The smallest absolute Gasteiger partial charge is 0.308 e. The predicted octanol–water partition coefficient (Wildman–Crippen LogP) is 3.47. The van der Waals surface area contributed by atoms with E-state index in [1.807, 2.05) is 24.3 Å². The minimum atomic E-state index is -0.320. The number of carbonyl (C=O) groups is 1. The van der Waals surface area contributed by atoms with E-state index >= 15 is 0 Å². The van der Waals surface area contributed by atoms with Crippen molar-refractivity contribution >= 4 is 5.97 Å². The monoisotopic (exact) mass is 256 g/mol. The number of rotatable bonds is 3. The molecule has 0 bridgehead atoms. The third-order valence-electron chi connectivity index (χ3n) is 3.03. The SMILES string of the molecule is CC(=O)Oc1ccc(C(C)c2ccc(O)cc2)cc1. The van der Waals surface area contributed by atoms with E-state index in [1.165, 1.54) is 6.92 Å². The third-order valence-corrected chi connectivity index (χ3v) is 3.03. The zero-order valence-corrected chi connectivity index (χ0v) is 11.0. The maximum Gasteiger partial charge on any atom is 0.308 e. The lowest BCUT2D eigenvalue weighted by Crippen LogP contribution is -2.01. The van der Waals surface area contributed by atoms with Crippen LogP contribution < -0.4 is 4.74 Å². The van der Waals surface area contributed by atoms with Gasteiger partial charge in [-0.1, -0.05) is 31.2 Å².